The average molecular weight is 366 g/mol. The van der Waals surface area contributed by atoms with Gasteiger partial charge in [-0.1, -0.05) is 78.9 Å². The van der Waals surface area contributed by atoms with Crippen molar-refractivity contribution < 1.29 is 4.79 Å². The minimum absolute atomic E-state index is 0.156. The van der Waals surface area contributed by atoms with Crippen molar-refractivity contribution in [3.63, 3.8) is 0 Å². The van der Waals surface area contributed by atoms with Crippen LogP contribution in [0.15, 0.2) is 78.9 Å². The molecule has 2 heteroatoms. The standard InChI is InChI=1S/C25H35NO/c1-2-26-25(27)23-19-14-12-10-8-6-4-3-5-7-9-11-13-16-20-24-21-17-15-18-22-24/h4-7,10-13,15,17-18,21-22H,2-3,8-9,14,16,19-20,23H2,1H3,(H,26,27)/b6-4+,7-5+,12-10+,13-11+. The van der Waals surface area contributed by atoms with Crippen LogP contribution in [0.4, 0.5) is 0 Å². The molecule has 146 valence electrons. The van der Waals surface area contributed by atoms with Crippen LogP contribution >= 0.6 is 0 Å². The molecule has 0 saturated carbocycles. The molecule has 0 spiro atoms. The summed E-state index contributed by atoms with van der Waals surface area (Å²) < 4.78 is 0. The van der Waals surface area contributed by atoms with Crippen LogP contribution in [0.1, 0.15) is 57.4 Å². The summed E-state index contributed by atoms with van der Waals surface area (Å²) in [7, 11) is 0. The molecule has 1 aromatic carbocycles. The largest absolute Gasteiger partial charge is 0.356 e. The zero-order chi connectivity index (χ0) is 19.4. The number of aryl methyl sites for hydroxylation is 1. The number of carbonyl (C=O) groups excluding carboxylic acids is 1. The van der Waals surface area contributed by atoms with E-state index in [9.17, 15) is 4.79 Å². The maximum atomic E-state index is 11.3. The number of allylic oxidation sites excluding steroid dienone is 8. The number of nitrogens with one attached hydrogen (secondary N) is 1. The van der Waals surface area contributed by atoms with Gasteiger partial charge >= 0.3 is 0 Å². The molecular formula is C25H35NO. The van der Waals surface area contributed by atoms with Gasteiger partial charge in [-0.2, -0.15) is 0 Å². The van der Waals surface area contributed by atoms with Crippen LogP contribution in [0.3, 0.4) is 0 Å². The SMILES string of the molecule is CCNC(=O)CCC/C=C/C/C=C/C/C=C/C/C=C/CCc1ccccc1. The molecule has 0 aliphatic heterocycles. The number of benzene rings is 1. The second kappa shape index (κ2) is 17.1. The van der Waals surface area contributed by atoms with Crippen molar-refractivity contribution in [1.82, 2.24) is 5.32 Å². The molecule has 1 amide bonds. The first-order valence-electron chi connectivity index (χ1n) is 10.2. The van der Waals surface area contributed by atoms with Gasteiger partial charge < -0.3 is 5.32 Å². The molecule has 0 saturated heterocycles. The summed E-state index contributed by atoms with van der Waals surface area (Å²) in [5.41, 5.74) is 1.40. The fourth-order valence-electron chi connectivity index (χ4n) is 2.61. The van der Waals surface area contributed by atoms with Gasteiger partial charge in [0.25, 0.3) is 0 Å². The molecule has 0 heterocycles. The Kier molecular flexibility index (Phi) is 14.4. The van der Waals surface area contributed by atoms with E-state index < -0.39 is 0 Å². The first-order chi connectivity index (χ1) is 13.3. The summed E-state index contributed by atoms with van der Waals surface area (Å²) in [5.74, 6) is 0.156. The maximum Gasteiger partial charge on any atom is 0.219 e. The number of amides is 1. The lowest BCUT2D eigenvalue weighted by Crippen LogP contribution is -2.21. The number of carbonyl (C=O) groups is 1. The van der Waals surface area contributed by atoms with Crippen LogP contribution < -0.4 is 5.32 Å². The molecule has 1 rings (SSSR count). The number of rotatable bonds is 14. The third-order valence-electron chi connectivity index (χ3n) is 4.07. The number of hydrogen-bond donors (Lipinski definition) is 1. The van der Waals surface area contributed by atoms with E-state index in [2.05, 4.69) is 84.3 Å². The summed E-state index contributed by atoms with van der Waals surface area (Å²) in [6, 6.07) is 10.6. The van der Waals surface area contributed by atoms with Crippen LogP contribution in [0.25, 0.3) is 0 Å². The van der Waals surface area contributed by atoms with Crippen molar-refractivity contribution in [2.75, 3.05) is 6.54 Å². The van der Waals surface area contributed by atoms with E-state index in [-0.39, 0.29) is 5.91 Å². The van der Waals surface area contributed by atoms with Gasteiger partial charge in [-0.05, 0) is 57.4 Å². The lowest BCUT2D eigenvalue weighted by molar-refractivity contribution is -0.121. The Morgan fingerprint density at radius 3 is 1.96 bits per heavy atom. The van der Waals surface area contributed by atoms with Crippen molar-refractivity contribution in [2.45, 2.75) is 58.3 Å². The summed E-state index contributed by atoms with van der Waals surface area (Å²) in [5, 5.41) is 2.82. The van der Waals surface area contributed by atoms with E-state index in [1.54, 1.807) is 0 Å². The molecule has 2 nitrogen and oxygen atoms in total. The van der Waals surface area contributed by atoms with Gasteiger partial charge in [0.1, 0.15) is 0 Å². The van der Waals surface area contributed by atoms with E-state index in [0.29, 0.717) is 6.42 Å². The van der Waals surface area contributed by atoms with Gasteiger partial charge in [0.05, 0.1) is 0 Å². The monoisotopic (exact) mass is 365 g/mol. The third kappa shape index (κ3) is 14.5. The molecular weight excluding hydrogens is 330 g/mol. The van der Waals surface area contributed by atoms with Crippen LogP contribution in [0.2, 0.25) is 0 Å². The second-order valence-electron chi connectivity index (χ2n) is 6.46. The Bertz CT molecular complexity index is 596. The molecule has 27 heavy (non-hydrogen) atoms. The first-order valence-corrected chi connectivity index (χ1v) is 10.2. The molecule has 1 aromatic rings. The Hall–Kier alpha value is -2.35. The smallest absolute Gasteiger partial charge is 0.219 e. The zero-order valence-electron chi connectivity index (χ0n) is 16.8. The second-order valence-corrected chi connectivity index (χ2v) is 6.46. The molecule has 0 unspecified atom stereocenters. The Morgan fingerprint density at radius 2 is 1.37 bits per heavy atom. The fraction of sp³-hybridized carbons (Fsp3) is 0.400. The molecule has 1 N–H and O–H groups in total. The van der Waals surface area contributed by atoms with Crippen molar-refractivity contribution in [3.05, 3.63) is 84.5 Å². The fourth-order valence-corrected chi connectivity index (χ4v) is 2.61. The topological polar surface area (TPSA) is 29.1 Å². The van der Waals surface area contributed by atoms with E-state index in [1.165, 1.54) is 5.56 Å². The quantitative estimate of drug-likeness (QED) is 0.303. The van der Waals surface area contributed by atoms with Crippen molar-refractivity contribution in [1.29, 1.82) is 0 Å². The summed E-state index contributed by atoms with van der Waals surface area (Å²) in [6.45, 7) is 2.67. The van der Waals surface area contributed by atoms with Gasteiger partial charge in [-0.25, -0.2) is 0 Å². The predicted molar refractivity (Wildman–Crippen MR) is 118 cm³/mol. The first kappa shape index (κ1) is 22.7. The normalized spacial score (nSPS) is 12.0. The maximum absolute atomic E-state index is 11.3. The van der Waals surface area contributed by atoms with E-state index in [1.807, 2.05) is 6.92 Å². The van der Waals surface area contributed by atoms with E-state index in [4.69, 9.17) is 0 Å². The lowest BCUT2D eigenvalue weighted by atomic mass is 10.1. The van der Waals surface area contributed by atoms with Crippen molar-refractivity contribution >= 4 is 5.91 Å². The molecule has 0 fully saturated rings. The summed E-state index contributed by atoms with van der Waals surface area (Å²) >= 11 is 0. The molecule has 0 aromatic heterocycles. The number of hydrogen-bond acceptors (Lipinski definition) is 1. The molecule has 0 radical (unpaired) electrons. The van der Waals surface area contributed by atoms with E-state index >= 15 is 0 Å². The third-order valence-corrected chi connectivity index (χ3v) is 4.07. The summed E-state index contributed by atoms with van der Waals surface area (Å²) in [6.07, 6.45) is 25.4. The van der Waals surface area contributed by atoms with Gasteiger partial charge in [-0.3, -0.25) is 4.79 Å². The predicted octanol–water partition coefficient (Wildman–Crippen LogP) is 6.32. The van der Waals surface area contributed by atoms with Gasteiger partial charge in [0, 0.05) is 13.0 Å². The average Bonchev–Trinajstić information content (AvgIpc) is 2.68. The highest BCUT2D eigenvalue weighted by Gasteiger charge is 1.96. The minimum Gasteiger partial charge on any atom is -0.356 e. The summed E-state index contributed by atoms with van der Waals surface area (Å²) in [4.78, 5) is 11.3. The highest BCUT2D eigenvalue weighted by molar-refractivity contribution is 5.75. The van der Waals surface area contributed by atoms with Gasteiger partial charge in [0.2, 0.25) is 5.91 Å². The van der Waals surface area contributed by atoms with Gasteiger partial charge in [0.15, 0.2) is 0 Å². The highest BCUT2D eigenvalue weighted by Crippen LogP contribution is 2.03. The number of unbranched alkanes of at least 4 members (excludes halogenated alkanes) is 1. The van der Waals surface area contributed by atoms with E-state index in [0.717, 1.165) is 51.5 Å². The Balaban J connectivity index is 1.95. The van der Waals surface area contributed by atoms with Crippen LogP contribution in [-0.2, 0) is 11.2 Å². The highest BCUT2D eigenvalue weighted by atomic mass is 16.1. The molecule has 0 atom stereocenters. The zero-order valence-corrected chi connectivity index (χ0v) is 16.8. The van der Waals surface area contributed by atoms with Crippen LogP contribution in [0, 0.1) is 0 Å². The molecule has 0 bridgehead atoms. The van der Waals surface area contributed by atoms with Gasteiger partial charge in [-0.15, -0.1) is 0 Å². The van der Waals surface area contributed by atoms with Crippen molar-refractivity contribution in [3.8, 4) is 0 Å². The Labute approximate surface area is 165 Å². The van der Waals surface area contributed by atoms with Crippen LogP contribution in [0.5, 0.6) is 0 Å². The van der Waals surface area contributed by atoms with Crippen LogP contribution in [-0.4, -0.2) is 12.5 Å². The van der Waals surface area contributed by atoms with Crippen molar-refractivity contribution in [2.24, 2.45) is 0 Å². The lowest BCUT2D eigenvalue weighted by Gasteiger charge is -1.99. The Morgan fingerprint density at radius 1 is 0.815 bits per heavy atom. The minimum atomic E-state index is 0.156. The molecule has 0 aliphatic rings. The molecule has 0 aliphatic carbocycles.